The summed E-state index contributed by atoms with van der Waals surface area (Å²) < 4.78 is 32.8. The molecule has 1 unspecified atom stereocenters. The zero-order valence-electron chi connectivity index (χ0n) is 17.4. The first-order chi connectivity index (χ1) is 15.0. The molecule has 9 heteroatoms. The number of morpholine rings is 1. The van der Waals surface area contributed by atoms with Crippen LogP contribution < -0.4 is 10.2 Å². The van der Waals surface area contributed by atoms with Crippen LogP contribution in [0.3, 0.4) is 0 Å². The van der Waals surface area contributed by atoms with E-state index in [0.29, 0.717) is 37.8 Å². The molecular weight excluding hydrogens is 402 g/mol. The van der Waals surface area contributed by atoms with Gasteiger partial charge in [-0.3, -0.25) is 0 Å². The van der Waals surface area contributed by atoms with Gasteiger partial charge in [-0.1, -0.05) is 0 Å². The molecule has 0 aromatic carbocycles. The van der Waals surface area contributed by atoms with Gasteiger partial charge in [-0.25, -0.2) is 23.7 Å². The molecule has 3 aromatic rings. The maximum absolute atomic E-state index is 13.6. The average Bonchev–Trinajstić information content (AvgIpc) is 3.38. The van der Waals surface area contributed by atoms with Gasteiger partial charge >= 0.3 is 0 Å². The molecule has 3 aromatic heterocycles. The first-order valence-electron chi connectivity index (χ1n) is 10.8. The monoisotopic (exact) mass is 428 g/mol. The summed E-state index contributed by atoms with van der Waals surface area (Å²) in [6.07, 6.45) is 4.00. The Morgan fingerprint density at radius 3 is 3.03 bits per heavy atom. The molecule has 1 aliphatic heterocycles. The fraction of sp³-hybridized carbons (Fsp3) is 0.500. The molecule has 2 aliphatic rings. The van der Waals surface area contributed by atoms with Gasteiger partial charge in [0, 0.05) is 55.3 Å². The molecule has 164 valence electrons. The van der Waals surface area contributed by atoms with Crippen LogP contribution in [0.5, 0.6) is 0 Å². The Morgan fingerprint density at radius 2 is 2.23 bits per heavy atom. The molecule has 7 nitrogen and oxygen atoms in total. The van der Waals surface area contributed by atoms with Gasteiger partial charge in [0.05, 0.1) is 19.3 Å². The lowest BCUT2D eigenvalue weighted by atomic mass is 10.1. The predicted molar refractivity (Wildman–Crippen MR) is 116 cm³/mol. The van der Waals surface area contributed by atoms with Gasteiger partial charge in [0.15, 0.2) is 5.82 Å². The van der Waals surface area contributed by atoms with Crippen LogP contribution in [0, 0.1) is 5.92 Å². The normalized spacial score (nSPS) is 23.4. The zero-order valence-corrected chi connectivity index (χ0v) is 17.4. The number of alkyl halides is 2. The predicted octanol–water partition coefficient (Wildman–Crippen LogP) is 4.09. The number of ether oxygens (including phenoxy) is 1. The first-order valence-corrected chi connectivity index (χ1v) is 10.8. The molecule has 2 atom stereocenters. The van der Waals surface area contributed by atoms with Crippen molar-refractivity contribution in [1.29, 1.82) is 0 Å². The van der Waals surface area contributed by atoms with Gasteiger partial charge < -0.3 is 19.9 Å². The molecule has 0 spiro atoms. The highest BCUT2D eigenvalue weighted by molar-refractivity contribution is 5.91. The maximum atomic E-state index is 13.6. The lowest BCUT2D eigenvalue weighted by Crippen LogP contribution is -2.44. The minimum Gasteiger partial charge on any atom is -0.377 e. The second kappa shape index (κ2) is 8.03. The van der Waals surface area contributed by atoms with Crippen molar-refractivity contribution < 1.29 is 13.5 Å². The van der Waals surface area contributed by atoms with Crippen LogP contribution in [0.1, 0.15) is 26.2 Å². The maximum Gasteiger partial charge on any atom is 0.248 e. The quantitative estimate of drug-likeness (QED) is 0.637. The summed E-state index contributed by atoms with van der Waals surface area (Å²) >= 11 is 0. The van der Waals surface area contributed by atoms with E-state index in [9.17, 15) is 8.78 Å². The van der Waals surface area contributed by atoms with Crippen LogP contribution in [0.4, 0.5) is 20.4 Å². The number of rotatable bonds is 5. The van der Waals surface area contributed by atoms with Crippen LogP contribution >= 0.6 is 0 Å². The van der Waals surface area contributed by atoms with E-state index in [1.807, 2.05) is 24.4 Å². The fourth-order valence-corrected chi connectivity index (χ4v) is 4.48. The summed E-state index contributed by atoms with van der Waals surface area (Å²) in [6.45, 7) is 4.59. The van der Waals surface area contributed by atoms with Crippen LogP contribution in [0.15, 0.2) is 30.6 Å². The summed E-state index contributed by atoms with van der Waals surface area (Å²) in [5.41, 5.74) is 1.65. The third kappa shape index (κ3) is 4.19. The summed E-state index contributed by atoms with van der Waals surface area (Å²) in [4.78, 5) is 19.3. The molecular formula is C22H26F2N6O. The number of fused-ring (bicyclic) bond motifs is 1. The van der Waals surface area contributed by atoms with Gasteiger partial charge in [-0.2, -0.15) is 0 Å². The standard InChI is InChI=1S/C22H26F2N6O/c1-14-13-31-9-8-30(14)19-10-18(27-12-15-2-5-22(23,24)11-15)28-21(29-19)17-4-7-26-20-16(17)3-6-25-20/h3-4,6-7,10,14-15H,2,5,8-9,11-13H2,1H3,(H,25,26)(H,27,28,29)/t14-,15?/m1/s1. The van der Waals surface area contributed by atoms with Crippen molar-refractivity contribution in [1.82, 2.24) is 19.9 Å². The smallest absolute Gasteiger partial charge is 0.248 e. The Morgan fingerprint density at radius 1 is 1.32 bits per heavy atom. The number of pyridine rings is 1. The average molecular weight is 428 g/mol. The first kappa shape index (κ1) is 20.1. The molecule has 4 heterocycles. The van der Waals surface area contributed by atoms with Crippen LogP contribution in [0.25, 0.3) is 22.4 Å². The van der Waals surface area contributed by atoms with E-state index in [4.69, 9.17) is 14.7 Å². The van der Waals surface area contributed by atoms with E-state index < -0.39 is 5.92 Å². The highest BCUT2D eigenvalue weighted by atomic mass is 19.3. The number of nitrogens with one attached hydrogen (secondary N) is 2. The van der Waals surface area contributed by atoms with E-state index in [2.05, 4.69) is 27.1 Å². The number of hydrogen-bond donors (Lipinski definition) is 2. The molecule has 1 aliphatic carbocycles. The van der Waals surface area contributed by atoms with E-state index >= 15 is 0 Å². The molecule has 1 saturated heterocycles. The van der Waals surface area contributed by atoms with Crippen LogP contribution in [0.2, 0.25) is 0 Å². The van der Waals surface area contributed by atoms with Crippen LogP contribution in [-0.4, -0.2) is 58.2 Å². The van der Waals surface area contributed by atoms with Gasteiger partial charge in [0.25, 0.3) is 0 Å². The van der Waals surface area contributed by atoms with Crippen molar-refractivity contribution in [2.24, 2.45) is 5.92 Å². The third-order valence-electron chi connectivity index (χ3n) is 6.15. The topological polar surface area (TPSA) is 79.0 Å². The fourth-order valence-electron chi connectivity index (χ4n) is 4.48. The highest BCUT2D eigenvalue weighted by Crippen LogP contribution is 2.39. The van der Waals surface area contributed by atoms with Crippen molar-refractivity contribution in [3.05, 3.63) is 30.6 Å². The van der Waals surface area contributed by atoms with Crippen molar-refractivity contribution in [2.45, 2.75) is 38.2 Å². The lowest BCUT2D eigenvalue weighted by Gasteiger charge is -2.34. The number of anilines is 2. The third-order valence-corrected chi connectivity index (χ3v) is 6.15. The Labute approximate surface area is 179 Å². The number of nitrogens with zero attached hydrogens (tertiary/aromatic N) is 4. The van der Waals surface area contributed by atoms with Gasteiger partial charge in [0.1, 0.15) is 17.3 Å². The number of hydrogen-bond acceptors (Lipinski definition) is 6. The Balaban J connectivity index is 1.49. The highest BCUT2D eigenvalue weighted by Gasteiger charge is 2.39. The Hall–Kier alpha value is -2.81. The minimum atomic E-state index is -2.55. The second-order valence-corrected chi connectivity index (χ2v) is 8.50. The Bertz CT molecular complexity index is 1070. The van der Waals surface area contributed by atoms with E-state index in [1.54, 1.807) is 6.20 Å². The van der Waals surface area contributed by atoms with Crippen molar-refractivity contribution in [3.63, 3.8) is 0 Å². The lowest BCUT2D eigenvalue weighted by molar-refractivity contribution is 0.00556. The molecule has 5 rings (SSSR count). The van der Waals surface area contributed by atoms with E-state index in [-0.39, 0.29) is 24.8 Å². The summed E-state index contributed by atoms with van der Waals surface area (Å²) in [7, 11) is 0. The van der Waals surface area contributed by atoms with E-state index in [1.165, 1.54) is 0 Å². The molecule has 0 amide bonds. The number of halogens is 2. The molecule has 2 fully saturated rings. The van der Waals surface area contributed by atoms with Crippen LogP contribution in [-0.2, 0) is 4.74 Å². The SMILES string of the molecule is C[C@@H]1COCCN1c1cc(NCC2CCC(F)(F)C2)nc(-c2ccnc3[nH]ccc23)n1. The van der Waals surface area contributed by atoms with Crippen molar-refractivity contribution in [3.8, 4) is 11.4 Å². The minimum absolute atomic E-state index is 0.0343. The number of aromatic nitrogens is 4. The molecule has 0 bridgehead atoms. The van der Waals surface area contributed by atoms with Gasteiger partial charge in [-0.05, 0) is 31.4 Å². The number of H-pyrrole nitrogens is 1. The van der Waals surface area contributed by atoms with Crippen molar-refractivity contribution in [2.75, 3.05) is 36.5 Å². The molecule has 1 saturated carbocycles. The summed E-state index contributed by atoms with van der Waals surface area (Å²) in [5.74, 6) is -0.567. The van der Waals surface area contributed by atoms with Gasteiger partial charge in [-0.15, -0.1) is 0 Å². The Kier molecular flexibility index (Phi) is 5.21. The summed E-state index contributed by atoms with van der Waals surface area (Å²) in [6, 6.07) is 5.95. The van der Waals surface area contributed by atoms with E-state index in [0.717, 1.165) is 29.0 Å². The van der Waals surface area contributed by atoms with Gasteiger partial charge in [0.2, 0.25) is 5.92 Å². The zero-order chi connectivity index (χ0) is 21.4. The largest absolute Gasteiger partial charge is 0.377 e. The molecule has 2 N–H and O–H groups in total. The molecule has 31 heavy (non-hydrogen) atoms. The van der Waals surface area contributed by atoms with Crippen molar-refractivity contribution >= 4 is 22.7 Å². The summed E-state index contributed by atoms with van der Waals surface area (Å²) in [5, 5.41) is 4.25. The number of aromatic amines is 1. The molecule has 0 radical (unpaired) electrons. The second-order valence-electron chi connectivity index (χ2n) is 8.50.